The fraction of sp³-hybridized carbons (Fsp3) is 0.0714. The minimum atomic E-state index is 0. The summed E-state index contributed by atoms with van der Waals surface area (Å²) in [7, 11) is 0. The maximum atomic E-state index is 7.97. The van der Waals surface area contributed by atoms with E-state index in [1.807, 2.05) is 48.5 Å². The molecule has 0 fully saturated rings. The predicted molar refractivity (Wildman–Crippen MR) is 68.4 cm³/mol. The smallest absolute Gasteiger partial charge is 0.0429 e. The lowest BCUT2D eigenvalue weighted by Gasteiger charge is -2.03. The molecule has 2 rings (SSSR count). The molecule has 0 atom stereocenters. The van der Waals surface area contributed by atoms with Gasteiger partial charge in [-0.15, -0.1) is 0 Å². The average Bonchev–Trinajstić information content (AvgIpc) is 2.31. The molecule has 0 saturated heterocycles. The van der Waals surface area contributed by atoms with Gasteiger partial charge in [0.1, 0.15) is 0 Å². The molecular formula is C14H16N2. The highest BCUT2D eigenvalue weighted by Crippen LogP contribution is 2.06. The Morgan fingerprint density at radius 3 is 1.88 bits per heavy atom. The summed E-state index contributed by atoms with van der Waals surface area (Å²) < 4.78 is 0. The average molecular weight is 212 g/mol. The highest BCUT2D eigenvalue weighted by atomic mass is 14.4. The number of rotatable bonds is 3. The van der Waals surface area contributed by atoms with Crippen molar-refractivity contribution in [3.63, 3.8) is 0 Å². The molecule has 0 unspecified atom stereocenters. The van der Waals surface area contributed by atoms with E-state index < -0.39 is 0 Å². The van der Waals surface area contributed by atoms with E-state index in [1.165, 1.54) is 5.56 Å². The fourth-order valence-electron chi connectivity index (χ4n) is 1.54. The van der Waals surface area contributed by atoms with Crippen LogP contribution in [-0.4, -0.2) is 5.71 Å². The van der Waals surface area contributed by atoms with Gasteiger partial charge in [-0.2, -0.15) is 0 Å². The third-order valence-corrected chi connectivity index (χ3v) is 2.35. The van der Waals surface area contributed by atoms with Crippen LogP contribution in [0, 0.1) is 5.41 Å². The van der Waals surface area contributed by atoms with Crippen LogP contribution in [-0.2, 0) is 6.42 Å². The molecule has 0 radical (unpaired) electrons. The Kier molecular flexibility index (Phi) is 4.42. The standard InChI is InChI=1S/C14H13N.H3N/c15-14(13-9-5-2-6-10-13)11-12-7-3-1-4-8-12;/h1-10,15H,11H2;1H3. The van der Waals surface area contributed by atoms with Gasteiger partial charge in [0, 0.05) is 12.1 Å². The van der Waals surface area contributed by atoms with Gasteiger partial charge < -0.3 is 11.6 Å². The molecule has 0 spiro atoms. The first kappa shape index (κ1) is 12.1. The Labute approximate surface area is 96.0 Å². The maximum Gasteiger partial charge on any atom is 0.0429 e. The van der Waals surface area contributed by atoms with Crippen molar-refractivity contribution in [1.29, 1.82) is 5.41 Å². The highest BCUT2D eigenvalue weighted by molar-refractivity contribution is 5.99. The zero-order valence-corrected chi connectivity index (χ0v) is 9.19. The molecule has 0 amide bonds. The molecule has 0 aliphatic heterocycles. The van der Waals surface area contributed by atoms with Crippen molar-refractivity contribution < 1.29 is 0 Å². The molecule has 4 N–H and O–H groups in total. The summed E-state index contributed by atoms with van der Waals surface area (Å²) in [4.78, 5) is 0. The first-order valence-electron chi connectivity index (χ1n) is 5.03. The van der Waals surface area contributed by atoms with Gasteiger partial charge in [0.2, 0.25) is 0 Å². The van der Waals surface area contributed by atoms with Crippen LogP contribution < -0.4 is 6.15 Å². The van der Waals surface area contributed by atoms with E-state index in [-0.39, 0.29) is 6.15 Å². The lowest BCUT2D eigenvalue weighted by molar-refractivity contribution is 1.28. The van der Waals surface area contributed by atoms with Gasteiger partial charge in [-0.3, -0.25) is 0 Å². The Hall–Kier alpha value is -1.93. The first-order chi connectivity index (χ1) is 7.36. The quantitative estimate of drug-likeness (QED) is 0.752. The maximum absolute atomic E-state index is 7.97. The topological polar surface area (TPSA) is 58.9 Å². The van der Waals surface area contributed by atoms with E-state index in [9.17, 15) is 0 Å². The van der Waals surface area contributed by atoms with Crippen LogP contribution in [0.3, 0.4) is 0 Å². The van der Waals surface area contributed by atoms with Crippen molar-refractivity contribution >= 4 is 5.71 Å². The normalized spacial score (nSPS) is 9.25. The first-order valence-corrected chi connectivity index (χ1v) is 5.03. The predicted octanol–water partition coefficient (Wildman–Crippen LogP) is 3.46. The Balaban J connectivity index is 0.00000128. The zero-order valence-electron chi connectivity index (χ0n) is 9.19. The van der Waals surface area contributed by atoms with Crippen LogP contribution in [0.4, 0.5) is 0 Å². The summed E-state index contributed by atoms with van der Waals surface area (Å²) >= 11 is 0. The minimum Gasteiger partial charge on any atom is -0.344 e. The Bertz CT molecular complexity index is 435. The van der Waals surface area contributed by atoms with Gasteiger partial charge >= 0.3 is 0 Å². The number of hydrogen-bond donors (Lipinski definition) is 2. The van der Waals surface area contributed by atoms with E-state index in [0.29, 0.717) is 12.1 Å². The molecule has 0 aromatic heterocycles. The highest BCUT2D eigenvalue weighted by Gasteiger charge is 2.00. The summed E-state index contributed by atoms with van der Waals surface area (Å²) in [6.07, 6.45) is 0.699. The number of benzene rings is 2. The second-order valence-electron chi connectivity index (χ2n) is 3.51. The van der Waals surface area contributed by atoms with E-state index in [0.717, 1.165) is 5.56 Å². The van der Waals surface area contributed by atoms with Crippen molar-refractivity contribution in [2.24, 2.45) is 0 Å². The molecule has 2 aromatic carbocycles. The molecule has 82 valence electrons. The summed E-state index contributed by atoms with van der Waals surface area (Å²) in [5, 5.41) is 7.97. The van der Waals surface area contributed by atoms with Crippen molar-refractivity contribution in [3.8, 4) is 0 Å². The van der Waals surface area contributed by atoms with E-state index >= 15 is 0 Å². The Morgan fingerprint density at radius 1 is 0.812 bits per heavy atom. The lowest BCUT2D eigenvalue weighted by atomic mass is 10.0. The molecule has 0 aliphatic carbocycles. The van der Waals surface area contributed by atoms with Crippen LogP contribution in [0.5, 0.6) is 0 Å². The summed E-state index contributed by atoms with van der Waals surface area (Å²) in [6, 6.07) is 20.0. The van der Waals surface area contributed by atoms with Crippen LogP contribution in [0.1, 0.15) is 11.1 Å². The third kappa shape index (κ3) is 3.04. The van der Waals surface area contributed by atoms with Gasteiger partial charge in [0.25, 0.3) is 0 Å². The third-order valence-electron chi connectivity index (χ3n) is 2.35. The monoisotopic (exact) mass is 212 g/mol. The number of nitrogens with one attached hydrogen (secondary N) is 1. The molecule has 2 aromatic rings. The summed E-state index contributed by atoms with van der Waals surface area (Å²) in [5.41, 5.74) is 2.86. The van der Waals surface area contributed by atoms with Gasteiger partial charge in [-0.1, -0.05) is 60.7 Å². The molecule has 0 saturated carbocycles. The van der Waals surface area contributed by atoms with Crippen LogP contribution in [0.15, 0.2) is 60.7 Å². The minimum absolute atomic E-state index is 0. The van der Waals surface area contributed by atoms with Gasteiger partial charge in [0.15, 0.2) is 0 Å². The molecular weight excluding hydrogens is 196 g/mol. The van der Waals surface area contributed by atoms with Gasteiger partial charge in [-0.25, -0.2) is 0 Å². The SMILES string of the molecule is N.N=C(Cc1ccccc1)c1ccccc1. The second kappa shape index (κ2) is 5.83. The number of hydrogen-bond acceptors (Lipinski definition) is 2. The molecule has 2 nitrogen and oxygen atoms in total. The lowest BCUT2D eigenvalue weighted by Crippen LogP contribution is -2.02. The van der Waals surface area contributed by atoms with Crippen molar-refractivity contribution in [1.82, 2.24) is 6.15 Å². The van der Waals surface area contributed by atoms with Crippen molar-refractivity contribution in [2.75, 3.05) is 0 Å². The zero-order chi connectivity index (χ0) is 10.5. The second-order valence-corrected chi connectivity index (χ2v) is 3.51. The van der Waals surface area contributed by atoms with Crippen LogP contribution in [0.25, 0.3) is 0 Å². The van der Waals surface area contributed by atoms with Crippen LogP contribution >= 0.6 is 0 Å². The van der Waals surface area contributed by atoms with Gasteiger partial charge in [0.05, 0.1) is 0 Å². The molecule has 0 heterocycles. The Morgan fingerprint density at radius 2 is 1.31 bits per heavy atom. The fourth-order valence-corrected chi connectivity index (χ4v) is 1.54. The van der Waals surface area contributed by atoms with Gasteiger partial charge in [-0.05, 0) is 11.1 Å². The molecule has 2 heteroatoms. The van der Waals surface area contributed by atoms with E-state index in [1.54, 1.807) is 0 Å². The van der Waals surface area contributed by atoms with Crippen molar-refractivity contribution in [3.05, 3.63) is 71.8 Å². The van der Waals surface area contributed by atoms with E-state index in [4.69, 9.17) is 5.41 Å². The van der Waals surface area contributed by atoms with Crippen LogP contribution in [0.2, 0.25) is 0 Å². The summed E-state index contributed by atoms with van der Waals surface area (Å²) in [5.74, 6) is 0. The molecule has 0 bridgehead atoms. The summed E-state index contributed by atoms with van der Waals surface area (Å²) in [6.45, 7) is 0. The van der Waals surface area contributed by atoms with Crippen molar-refractivity contribution in [2.45, 2.75) is 6.42 Å². The molecule has 16 heavy (non-hydrogen) atoms. The molecule has 0 aliphatic rings. The largest absolute Gasteiger partial charge is 0.344 e. The van der Waals surface area contributed by atoms with E-state index in [2.05, 4.69) is 12.1 Å².